The van der Waals surface area contributed by atoms with Crippen LogP contribution in [0.4, 0.5) is 10.1 Å². The second-order valence-corrected chi connectivity index (χ2v) is 8.61. The van der Waals surface area contributed by atoms with Gasteiger partial charge in [0.05, 0.1) is 10.6 Å². The Morgan fingerprint density at radius 3 is 2.18 bits per heavy atom. The lowest BCUT2D eigenvalue weighted by atomic mass is 10.2. The lowest BCUT2D eigenvalue weighted by Crippen LogP contribution is -2.43. The summed E-state index contributed by atoms with van der Waals surface area (Å²) in [5, 5.41) is 0. The van der Waals surface area contributed by atoms with Crippen LogP contribution in [0.3, 0.4) is 0 Å². The number of nitrogens with one attached hydrogen (secondary N) is 2. The molecule has 2 amide bonds. The van der Waals surface area contributed by atoms with Gasteiger partial charge in [-0.3, -0.25) is 24.7 Å². The van der Waals surface area contributed by atoms with Crippen molar-refractivity contribution in [1.82, 2.24) is 10.9 Å². The van der Waals surface area contributed by atoms with Crippen molar-refractivity contribution in [2.45, 2.75) is 11.8 Å². The van der Waals surface area contributed by atoms with Crippen molar-refractivity contribution in [3.63, 3.8) is 0 Å². The highest BCUT2D eigenvalue weighted by Gasteiger charge is 2.23. The van der Waals surface area contributed by atoms with E-state index in [-0.39, 0.29) is 22.8 Å². The fraction of sp³-hybridized carbons (Fsp3) is 0.130. The van der Waals surface area contributed by atoms with Crippen molar-refractivity contribution in [3.8, 4) is 5.75 Å². The second kappa shape index (κ2) is 10.6. The molecule has 2 N–H and O–H groups in total. The average Bonchev–Trinajstić information content (AvgIpc) is 2.83. The predicted molar refractivity (Wildman–Crippen MR) is 121 cm³/mol. The number of rotatable bonds is 8. The number of hydrazine groups is 1. The van der Waals surface area contributed by atoms with Crippen LogP contribution in [0.25, 0.3) is 0 Å². The molecule has 3 aromatic carbocycles. The molecule has 0 saturated carbocycles. The van der Waals surface area contributed by atoms with Gasteiger partial charge in [-0.05, 0) is 55.5 Å². The Labute approximate surface area is 191 Å². The van der Waals surface area contributed by atoms with Gasteiger partial charge in [0.1, 0.15) is 0 Å². The summed E-state index contributed by atoms with van der Waals surface area (Å²) in [7, 11) is -3.82. The normalized spacial score (nSPS) is 10.8. The third kappa shape index (κ3) is 5.86. The molecule has 33 heavy (non-hydrogen) atoms. The lowest BCUT2D eigenvalue weighted by molar-refractivity contribution is -0.123. The van der Waals surface area contributed by atoms with Crippen molar-refractivity contribution in [1.29, 1.82) is 0 Å². The van der Waals surface area contributed by atoms with Gasteiger partial charge < -0.3 is 4.74 Å². The highest BCUT2D eigenvalue weighted by Crippen LogP contribution is 2.23. The number of anilines is 1. The average molecular weight is 472 g/mol. The molecule has 0 atom stereocenters. The Morgan fingerprint density at radius 1 is 0.909 bits per heavy atom. The van der Waals surface area contributed by atoms with Gasteiger partial charge in [-0.25, -0.2) is 12.8 Å². The monoisotopic (exact) mass is 471 g/mol. The third-order valence-electron chi connectivity index (χ3n) is 4.55. The van der Waals surface area contributed by atoms with E-state index in [2.05, 4.69) is 10.9 Å². The topological polar surface area (TPSA) is 105 Å². The first-order valence-electron chi connectivity index (χ1n) is 9.97. The van der Waals surface area contributed by atoms with Gasteiger partial charge in [-0.1, -0.05) is 30.3 Å². The van der Waals surface area contributed by atoms with Gasteiger partial charge >= 0.3 is 0 Å². The molecule has 0 heterocycles. The van der Waals surface area contributed by atoms with Gasteiger partial charge in [0, 0.05) is 12.1 Å². The van der Waals surface area contributed by atoms with E-state index in [1.807, 2.05) is 0 Å². The standard InChI is InChI=1S/C23H22FN3O5S/c1-2-27(18-8-4-3-5-9-18)33(30,31)19-14-12-17(13-15-19)23(29)26-25-22(28)16-32-21-11-7-6-10-20(21)24/h3-15H,2,16H2,1H3,(H,25,28)(H,26,29). The maximum Gasteiger partial charge on any atom is 0.276 e. The minimum Gasteiger partial charge on any atom is -0.481 e. The van der Waals surface area contributed by atoms with E-state index in [9.17, 15) is 22.4 Å². The minimum absolute atomic E-state index is 0.0204. The maximum absolute atomic E-state index is 13.5. The van der Waals surface area contributed by atoms with Crippen LogP contribution in [0.2, 0.25) is 0 Å². The summed E-state index contributed by atoms with van der Waals surface area (Å²) >= 11 is 0. The molecule has 0 aliphatic rings. The molecule has 0 aromatic heterocycles. The molecule has 0 saturated heterocycles. The zero-order valence-corrected chi connectivity index (χ0v) is 18.5. The smallest absolute Gasteiger partial charge is 0.276 e. The molecule has 10 heteroatoms. The van der Waals surface area contributed by atoms with Gasteiger partial charge in [0.25, 0.3) is 21.8 Å². The molecule has 0 bridgehead atoms. The molecule has 0 fully saturated rings. The van der Waals surface area contributed by atoms with Gasteiger partial charge in [-0.2, -0.15) is 0 Å². The molecular weight excluding hydrogens is 449 g/mol. The first-order chi connectivity index (χ1) is 15.8. The van der Waals surface area contributed by atoms with Crippen LogP contribution >= 0.6 is 0 Å². The Hall–Kier alpha value is -3.92. The molecular formula is C23H22FN3O5S. The van der Waals surface area contributed by atoms with E-state index in [0.29, 0.717) is 5.69 Å². The number of ether oxygens (including phenoxy) is 1. The quantitative estimate of drug-likeness (QED) is 0.492. The zero-order chi connectivity index (χ0) is 23.8. The molecule has 0 aliphatic heterocycles. The van der Waals surface area contributed by atoms with Crippen LogP contribution in [0.5, 0.6) is 5.75 Å². The van der Waals surface area contributed by atoms with Gasteiger partial charge in [-0.15, -0.1) is 0 Å². The summed E-state index contributed by atoms with van der Waals surface area (Å²) in [6.45, 7) is 1.45. The molecule has 0 unspecified atom stereocenters. The molecule has 172 valence electrons. The molecule has 3 rings (SSSR count). The zero-order valence-electron chi connectivity index (χ0n) is 17.7. The van der Waals surface area contributed by atoms with E-state index in [4.69, 9.17) is 4.74 Å². The number of para-hydroxylation sites is 2. The number of halogens is 1. The summed E-state index contributed by atoms with van der Waals surface area (Å²) in [4.78, 5) is 24.1. The first kappa shape index (κ1) is 23.7. The van der Waals surface area contributed by atoms with E-state index in [1.165, 1.54) is 46.8 Å². The van der Waals surface area contributed by atoms with Crippen molar-refractivity contribution in [2.75, 3.05) is 17.5 Å². The van der Waals surface area contributed by atoms with Crippen LogP contribution in [0.1, 0.15) is 17.3 Å². The molecule has 0 aliphatic carbocycles. The largest absolute Gasteiger partial charge is 0.481 e. The van der Waals surface area contributed by atoms with Crippen molar-refractivity contribution in [2.24, 2.45) is 0 Å². The number of benzene rings is 3. The summed E-state index contributed by atoms with van der Waals surface area (Å²) in [6, 6.07) is 19.6. The number of hydrogen-bond donors (Lipinski definition) is 2. The number of carbonyl (C=O) groups excluding carboxylic acids is 2. The Bertz CT molecular complexity index is 1220. The van der Waals surface area contributed by atoms with Gasteiger partial charge in [0.15, 0.2) is 18.2 Å². The summed E-state index contributed by atoms with van der Waals surface area (Å²) < 4.78 is 45.8. The number of amides is 2. The number of sulfonamides is 1. The van der Waals surface area contributed by atoms with Crippen molar-refractivity contribution in [3.05, 3.63) is 90.2 Å². The van der Waals surface area contributed by atoms with Crippen LogP contribution in [0.15, 0.2) is 83.8 Å². The van der Waals surface area contributed by atoms with Crippen LogP contribution in [-0.4, -0.2) is 33.4 Å². The Balaban J connectivity index is 1.59. The summed E-state index contributed by atoms with van der Waals surface area (Å²) in [5.74, 6) is -2.06. The lowest BCUT2D eigenvalue weighted by Gasteiger charge is -2.23. The summed E-state index contributed by atoms with van der Waals surface area (Å²) in [6.07, 6.45) is 0. The highest BCUT2D eigenvalue weighted by molar-refractivity contribution is 7.92. The first-order valence-corrected chi connectivity index (χ1v) is 11.4. The number of hydrogen-bond acceptors (Lipinski definition) is 5. The number of nitrogens with zero attached hydrogens (tertiary/aromatic N) is 1. The van der Waals surface area contributed by atoms with E-state index < -0.39 is 34.3 Å². The van der Waals surface area contributed by atoms with E-state index in [0.717, 1.165) is 0 Å². The van der Waals surface area contributed by atoms with Crippen LogP contribution in [0, 0.1) is 5.82 Å². The highest BCUT2D eigenvalue weighted by atomic mass is 32.2. The molecule has 0 radical (unpaired) electrons. The SMILES string of the molecule is CCN(c1ccccc1)S(=O)(=O)c1ccc(C(=O)NNC(=O)COc2ccccc2F)cc1. The fourth-order valence-corrected chi connectivity index (χ4v) is 4.40. The predicted octanol–water partition coefficient (Wildman–Crippen LogP) is 2.88. The van der Waals surface area contributed by atoms with E-state index >= 15 is 0 Å². The maximum atomic E-state index is 13.5. The van der Waals surface area contributed by atoms with Crippen LogP contribution < -0.4 is 19.9 Å². The van der Waals surface area contributed by atoms with Gasteiger partial charge in [0.2, 0.25) is 0 Å². The Kier molecular flexibility index (Phi) is 7.62. The second-order valence-electron chi connectivity index (χ2n) is 6.75. The molecule has 0 spiro atoms. The van der Waals surface area contributed by atoms with Crippen molar-refractivity contribution < 1.29 is 27.1 Å². The van der Waals surface area contributed by atoms with E-state index in [1.54, 1.807) is 43.3 Å². The molecule has 8 nitrogen and oxygen atoms in total. The third-order valence-corrected chi connectivity index (χ3v) is 6.46. The van der Waals surface area contributed by atoms with Crippen LogP contribution in [-0.2, 0) is 14.8 Å². The van der Waals surface area contributed by atoms with Crippen molar-refractivity contribution >= 4 is 27.5 Å². The fourth-order valence-electron chi connectivity index (χ4n) is 2.93. The minimum atomic E-state index is -3.82. The Morgan fingerprint density at radius 2 is 1.55 bits per heavy atom. The number of carbonyl (C=O) groups is 2. The summed E-state index contributed by atoms with van der Waals surface area (Å²) in [5.41, 5.74) is 5.01. The molecule has 3 aromatic rings.